The fraction of sp³-hybridized carbons (Fsp3) is 0.312. The zero-order chi connectivity index (χ0) is 14.5. The average molecular weight is 274 g/mol. The van der Waals surface area contributed by atoms with Gasteiger partial charge in [0, 0.05) is 11.3 Å². The van der Waals surface area contributed by atoms with Crippen LogP contribution in [0, 0.1) is 12.7 Å². The fourth-order valence-electron chi connectivity index (χ4n) is 2.08. The first-order valence-electron chi connectivity index (χ1n) is 6.77. The Bertz CT molecular complexity index is 599. The molecule has 0 saturated heterocycles. The molecule has 3 nitrogen and oxygen atoms in total. The lowest BCUT2D eigenvalue weighted by molar-refractivity contribution is 0.458. The molecule has 4 heteroatoms. The lowest BCUT2D eigenvalue weighted by atomic mass is 10.1. The molecule has 2 aromatic rings. The molecule has 2 N–H and O–H groups in total. The molecule has 0 aliphatic rings. The molecule has 106 valence electrons. The summed E-state index contributed by atoms with van der Waals surface area (Å²) >= 11 is 0. The summed E-state index contributed by atoms with van der Waals surface area (Å²) in [5, 5.41) is 0. The van der Waals surface area contributed by atoms with Crippen LogP contribution in [0.4, 0.5) is 4.39 Å². The van der Waals surface area contributed by atoms with E-state index >= 15 is 0 Å². The summed E-state index contributed by atoms with van der Waals surface area (Å²) in [6.07, 6.45) is 1.21. The molecule has 1 aromatic heterocycles. The summed E-state index contributed by atoms with van der Waals surface area (Å²) in [7, 11) is 0. The Balaban J connectivity index is 2.37. The molecule has 20 heavy (non-hydrogen) atoms. The first kappa shape index (κ1) is 14.5. The number of hydrogen-bond acceptors (Lipinski definition) is 3. The van der Waals surface area contributed by atoms with Crippen LogP contribution < -0.4 is 10.5 Å². The van der Waals surface area contributed by atoms with E-state index in [1.54, 1.807) is 12.1 Å². The van der Waals surface area contributed by atoms with Gasteiger partial charge in [-0.15, -0.1) is 0 Å². The molecular weight excluding hydrogens is 255 g/mol. The monoisotopic (exact) mass is 274 g/mol. The summed E-state index contributed by atoms with van der Waals surface area (Å²) in [4.78, 5) is 4.44. The summed E-state index contributed by atoms with van der Waals surface area (Å²) in [5.74, 6) is 0.892. The van der Waals surface area contributed by atoms with Gasteiger partial charge < -0.3 is 10.5 Å². The van der Waals surface area contributed by atoms with E-state index in [-0.39, 0.29) is 5.82 Å². The molecule has 0 amide bonds. The molecule has 0 spiro atoms. The first-order chi connectivity index (χ1) is 9.65. The third kappa shape index (κ3) is 3.14. The van der Waals surface area contributed by atoms with Crippen LogP contribution in [0.1, 0.15) is 23.9 Å². The molecule has 0 aliphatic heterocycles. The van der Waals surface area contributed by atoms with Crippen molar-refractivity contribution in [3.8, 4) is 11.5 Å². The Hall–Kier alpha value is -1.94. The lowest BCUT2D eigenvalue weighted by Crippen LogP contribution is -2.06. The molecule has 0 radical (unpaired) electrons. The highest BCUT2D eigenvalue weighted by Gasteiger charge is 2.12. The van der Waals surface area contributed by atoms with Crippen LogP contribution in [0.3, 0.4) is 0 Å². The normalized spacial score (nSPS) is 10.6. The summed E-state index contributed by atoms with van der Waals surface area (Å²) < 4.78 is 19.7. The van der Waals surface area contributed by atoms with Crippen molar-refractivity contribution in [2.24, 2.45) is 5.73 Å². The lowest BCUT2D eigenvalue weighted by Gasteiger charge is -2.14. The maximum atomic E-state index is 13.8. The van der Waals surface area contributed by atoms with Gasteiger partial charge in [0.15, 0.2) is 0 Å². The van der Waals surface area contributed by atoms with Crippen LogP contribution >= 0.6 is 0 Å². The van der Waals surface area contributed by atoms with Crippen LogP contribution in [-0.4, -0.2) is 11.5 Å². The minimum Gasteiger partial charge on any atom is -0.455 e. The second-order valence-corrected chi connectivity index (χ2v) is 4.61. The Morgan fingerprint density at radius 2 is 2.00 bits per heavy atom. The molecule has 0 saturated carbocycles. The quantitative estimate of drug-likeness (QED) is 0.909. The van der Waals surface area contributed by atoms with Gasteiger partial charge in [0.1, 0.15) is 17.3 Å². The largest absolute Gasteiger partial charge is 0.455 e. The number of rotatable bonds is 5. The van der Waals surface area contributed by atoms with Crippen molar-refractivity contribution in [1.82, 2.24) is 4.98 Å². The highest BCUT2D eigenvalue weighted by molar-refractivity contribution is 5.40. The van der Waals surface area contributed by atoms with Gasteiger partial charge >= 0.3 is 0 Å². The van der Waals surface area contributed by atoms with Gasteiger partial charge in [-0.1, -0.05) is 13.0 Å². The standard InChI is InChI=1S/C16H19FN2O/c1-3-14-16(8-7-11(2)19-14)20-15-6-4-5-13(17)12(15)9-10-18/h4-8H,3,9-10,18H2,1-2H3. The Morgan fingerprint density at radius 3 is 2.70 bits per heavy atom. The van der Waals surface area contributed by atoms with Crippen molar-refractivity contribution in [2.75, 3.05) is 6.54 Å². The molecule has 0 fully saturated rings. The van der Waals surface area contributed by atoms with E-state index in [4.69, 9.17) is 10.5 Å². The SMILES string of the molecule is CCc1nc(C)ccc1Oc1cccc(F)c1CCN. The minimum atomic E-state index is -0.286. The van der Waals surface area contributed by atoms with E-state index in [2.05, 4.69) is 4.98 Å². The number of ether oxygens (including phenoxy) is 1. The highest BCUT2D eigenvalue weighted by atomic mass is 19.1. The van der Waals surface area contributed by atoms with Gasteiger partial charge in [0.05, 0.1) is 5.69 Å². The maximum Gasteiger partial charge on any atom is 0.148 e. The minimum absolute atomic E-state index is 0.286. The number of aromatic nitrogens is 1. The fourth-order valence-corrected chi connectivity index (χ4v) is 2.08. The van der Waals surface area contributed by atoms with Crippen molar-refractivity contribution < 1.29 is 9.13 Å². The second kappa shape index (κ2) is 6.48. The molecule has 1 heterocycles. The predicted molar refractivity (Wildman–Crippen MR) is 77.6 cm³/mol. The van der Waals surface area contributed by atoms with Crippen molar-refractivity contribution in [1.29, 1.82) is 0 Å². The number of pyridine rings is 1. The topological polar surface area (TPSA) is 48.1 Å². The zero-order valence-electron chi connectivity index (χ0n) is 11.8. The van der Waals surface area contributed by atoms with Crippen molar-refractivity contribution >= 4 is 0 Å². The molecule has 0 bridgehead atoms. The van der Waals surface area contributed by atoms with Gasteiger partial charge in [-0.2, -0.15) is 0 Å². The predicted octanol–water partition coefficient (Wildman–Crippen LogP) is 3.39. The Kier molecular flexibility index (Phi) is 4.69. The molecule has 0 aliphatic carbocycles. The van der Waals surface area contributed by atoms with E-state index in [0.717, 1.165) is 17.8 Å². The van der Waals surface area contributed by atoms with Gasteiger partial charge in [0.2, 0.25) is 0 Å². The van der Waals surface area contributed by atoms with E-state index in [1.165, 1.54) is 6.07 Å². The number of benzene rings is 1. The Morgan fingerprint density at radius 1 is 1.20 bits per heavy atom. The number of aryl methyl sites for hydroxylation is 2. The van der Waals surface area contributed by atoms with Crippen LogP contribution in [0.5, 0.6) is 11.5 Å². The number of hydrogen-bond donors (Lipinski definition) is 1. The smallest absolute Gasteiger partial charge is 0.148 e. The third-order valence-electron chi connectivity index (χ3n) is 3.10. The number of nitrogens with two attached hydrogens (primary N) is 1. The van der Waals surface area contributed by atoms with Gasteiger partial charge in [0.25, 0.3) is 0 Å². The van der Waals surface area contributed by atoms with Crippen LogP contribution in [0.15, 0.2) is 30.3 Å². The number of halogens is 1. The molecule has 0 unspecified atom stereocenters. The third-order valence-corrected chi connectivity index (χ3v) is 3.10. The van der Waals surface area contributed by atoms with Gasteiger partial charge in [-0.3, -0.25) is 4.98 Å². The summed E-state index contributed by atoms with van der Waals surface area (Å²) in [6.45, 7) is 4.33. The van der Waals surface area contributed by atoms with Gasteiger partial charge in [-0.25, -0.2) is 4.39 Å². The zero-order valence-corrected chi connectivity index (χ0v) is 11.8. The number of nitrogens with zero attached hydrogens (tertiary/aromatic N) is 1. The van der Waals surface area contributed by atoms with E-state index in [1.807, 2.05) is 26.0 Å². The molecule has 1 aromatic carbocycles. The second-order valence-electron chi connectivity index (χ2n) is 4.61. The van der Waals surface area contributed by atoms with Crippen LogP contribution in [0.2, 0.25) is 0 Å². The first-order valence-corrected chi connectivity index (χ1v) is 6.77. The van der Waals surface area contributed by atoms with E-state index in [9.17, 15) is 4.39 Å². The highest BCUT2D eigenvalue weighted by Crippen LogP contribution is 2.29. The summed E-state index contributed by atoms with van der Waals surface area (Å²) in [6, 6.07) is 8.58. The molecule has 2 rings (SSSR count). The van der Waals surface area contributed by atoms with E-state index < -0.39 is 0 Å². The van der Waals surface area contributed by atoms with Crippen molar-refractivity contribution in [2.45, 2.75) is 26.7 Å². The Labute approximate surface area is 118 Å². The average Bonchev–Trinajstić information content (AvgIpc) is 2.44. The van der Waals surface area contributed by atoms with Gasteiger partial charge in [-0.05, 0) is 50.6 Å². The van der Waals surface area contributed by atoms with Crippen molar-refractivity contribution in [3.05, 3.63) is 53.1 Å². The molecule has 0 atom stereocenters. The van der Waals surface area contributed by atoms with Crippen LogP contribution in [0.25, 0.3) is 0 Å². The summed E-state index contributed by atoms with van der Waals surface area (Å²) in [5.41, 5.74) is 7.85. The molecular formula is C16H19FN2O. The van der Waals surface area contributed by atoms with E-state index in [0.29, 0.717) is 30.0 Å². The maximum absolute atomic E-state index is 13.8. The van der Waals surface area contributed by atoms with Crippen LogP contribution in [-0.2, 0) is 12.8 Å². The van der Waals surface area contributed by atoms with Crippen molar-refractivity contribution in [3.63, 3.8) is 0 Å².